The molecule has 3 aliphatic rings. The van der Waals surface area contributed by atoms with E-state index in [1.807, 2.05) is 0 Å². The Morgan fingerprint density at radius 1 is 0.548 bits per heavy atom. The molecular formula is C25H44N6. The largest absolute Gasteiger partial charge is 0.341 e. The molecular weight excluding hydrogens is 384 g/mol. The first-order chi connectivity index (χ1) is 15.2. The van der Waals surface area contributed by atoms with Crippen LogP contribution in [0.2, 0.25) is 0 Å². The first kappa shape index (κ1) is 22.6. The number of anilines is 3. The molecule has 3 aliphatic carbocycles. The highest BCUT2D eigenvalue weighted by Crippen LogP contribution is 2.31. The van der Waals surface area contributed by atoms with Crippen molar-refractivity contribution >= 4 is 17.8 Å². The van der Waals surface area contributed by atoms with Gasteiger partial charge in [-0.25, -0.2) is 0 Å². The summed E-state index contributed by atoms with van der Waals surface area (Å²) in [5.41, 5.74) is 0. The Hall–Kier alpha value is -1.59. The summed E-state index contributed by atoms with van der Waals surface area (Å²) in [6, 6.07) is 1.69. The molecule has 3 saturated carbocycles. The molecule has 6 heteroatoms. The van der Waals surface area contributed by atoms with E-state index in [2.05, 4.69) is 35.7 Å². The second-order valence-electron chi connectivity index (χ2n) is 10.1. The molecule has 3 fully saturated rings. The molecule has 0 unspecified atom stereocenters. The Morgan fingerprint density at radius 3 is 1.29 bits per heavy atom. The molecule has 0 bridgehead atoms. The number of nitrogens with zero attached hydrogens (tertiary/aromatic N) is 6. The fourth-order valence-corrected chi connectivity index (χ4v) is 6.01. The molecule has 1 aromatic heterocycles. The summed E-state index contributed by atoms with van der Waals surface area (Å²) >= 11 is 0. The van der Waals surface area contributed by atoms with E-state index >= 15 is 0 Å². The second kappa shape index (κ2) is 10.8. The highest BCUT2D eigenvalue weighted by molar-refractivity contribution is 5.47. The first-order valence-corrected chi connectivity index (χ1v) is 13.2. The molecule has 0 radical (unpaired) electrons. The van der Waals surface area contributed by atoms with Crippen LogP contribution in [0.1, 0.15) is 103 Å². The van der Waals surface area contributed by atoms with E-state index in [0.717, 1.165) is 24.4 Å². The van der Waals surface area contributed by atoms with E-state index in [9.17, 15) is 0 Å². The number of hydrogen-bond acceptors (Lipinski definition) is 6. The molecule has 0 saturated heterocycles. The van der Waals surface area contributed by atoms with Crippen LogP contribution in [-0.2, 0) is 0 Å². The Morgan fingerprint density at radius 2 is 0.903 bits per heavy atom. The predicted octanol–water partition coefficient (Wildman–Crippen LogP) is 5.57. The smallest absolute Gasteiger partial charge is 0.232 e. The van der Waals surface area contributed by atoms with E-state index < -0.39 is 0 Å². The SMILES string of the molecule is CCN(c1nc(N(C)C2CCCCC2)nc(N(C)C2CCCCC2)n1)C1CCCCC1. The Kier molecular flexibility index (Phi) is 7.89. The van der Waals surface area contributed by atoms with Crippen molar-refractivity contribution in [3.05, 3.63) is 0 Å². The van der Waals surface area contributed by atoms with Gasteiger partial charge in [0.25, 0.3) is 0 Å². The fraction of sp³-hybridized carbons (Fsp3) is 0.880. The molecule has 174 valence electrons. The standard InChI is InChI=1S/C25H44N6/c1-4-31(22-18-12-7-13-19-22)25-27-23(29(2)20-14-8-5-9-15-20)26-24(28-25)30(3)21-16-10-6-11-17-21/h20-22H,4-19H2,1-3H3. The van der Waals surface area contributed by atoms with Gasteiger partial charge in [0.1, 0.15) is 0 Å². The Bertz CT molecular complexity index is 634. The third kappa shape index (κ3) is 5.43. The normalized spacial score (nSPS) is 21.8. The van der Waals surface area contributed by atoms with Crippen molar-refractivity contribution in [3.8, 4) is 0 Å². The summed E-state index contributed by atoms with van der Waals surface area (Å²) in [5, 5.41) is 0. The van der Waals surface area contributed by atoms with Gasteiger partial charge in [-0.3, -0.25) is 0 Å². The van der Waals surface area contributed by atoms with Crippen molar-refractivity contribution in [3.63, 3.8) is 0 Å². The number of rotatable bonds is 7. The summed E-state index contributed by atoms with van der Waals surface area (Å²) in [6.45, 7) is 3.22. The summed E-state index contributed by atoms with van der Waals surface area (Å²) in [5.74, 6) is 2.66. The first-order valence-electron chi connectivity index (χ1n) is 13.2. The van der Waals surface area contributed by atoms with Crippen LogP contribution in [0, 0.1) is 0 Å². The van der Waals surface area contributed by atoms with Crippen LogP contribution in [0.15, 0.2) is 0 Å². The zero-order valence-corrected chi connectivity index (χ0v) is 20.2. The minimum atomic E-state index is 0.557. The van der Waals surface area contributed by atoms with Crippen molar-refractivity contribution in [1.29, 1.82) is 0 Å². The summed E-state index contributed by atoms with van der Waals surface area (Å²) < 4.78 is 0. The quantitative estimate of drug-likeness (QED) is 0.566. The molecule has 1 aromatic rings. The van der Waals surface area contributed by atoms with Gasteiger partial charge in [-0.15, -0.1) is 0 Å². The minimum Gasteiger partial charge on any atom is -0.341 e. The van der Waals surface area contributed by atoms with E-state index in [0.29, 0.717) is 18.1 Å². The highest BCUT2D eigenvalue weighted by atomic mass is 15.4. The van der Waals surface area contributed by atoms with E-state index in [1.165, 1.54) is 96.3 Å². The van der Waals surface area contributed by atoms with Gasteiger partial charge in [0.2, 0.25) is 17.8 Å². The summed E-state index contributed by atoms with van der Waals surface area (Å²) in [4.78, 5) is 22.4. The fourth-order valence-electron chi connectivity index (χ4n) is 6.01. The van der Waals surface area contributed by atoms with Crippen LogP contribution in [0.25, 0.3) is 0 Å². The van der Waals surface area contributed by atoms with Crippen LogP contribution in [0.5, 0.6) is 0 Å². The molecule has 0 N–H and O–H groups in total. The Labute approximate surface area is 189 Å². The van der Waals surface area contributed by atoms with Gasteiger partial charge in [0, 0.05) is 38.8 Å². The van der Waals surface area contributed by atoms with Gasteiger partial charge < -0.3 is 14.7 Å². The van der Waals surface area contributed by atoms with E-state index in [4.69, 9.17) is 15.0 Å². The molecule has 0 aliphatic heterocycles. The lowest BCUT2D eigenvalue weighted by Gasteiger charge is -2.37. The van der Waals surface area contributed by atoms with Crippen LogP contribution in [0.3, 0.4) is 0 Å². The zero-order valence-electron chi connectivity index (χ0n) is 20.2. The van der Waals surface area contributed by atoms with Crippen molar-refractivity contribution < 1.29 is 0 Å². The topological polar surface area (TPSA) is 48.4 Å². The minimum absolute atomic E-state index is 0.557. The monoisotopic (exact) mass is 428 g/mol. The molecule has 6 nitrogen and oxygen atoms in total. The summed E-state index contributed by atoms with van der Waals surface area (Å²) in [6.07, 6.45) is 19.6. The lowest BCUT2D eigenvalue weighted by Crippen LogP contribution is -2.41. The average Bonchev–Trinajstić information content (AvgIpc) is 2.85. The molecule has 31 heavy (non-hydrogen) atoms. The molecule has 1 heterocycles. The van der Waals surface area contributed by atoms with Gasteiger partial charge in [-0.05, 0) is 45.4 Å². The zero-order chi connectivity index (χ0) is 21.6. The van der Waals surface area contributed by atoms with Crippen LogP contribution < -0.4 is 14.7 Å². The average molecular weight is 429 g/mol. The van der Waals surface area contributed by atoms with Gasteiger partial charge in [0.15, 0.2) is 0 Å². The van der Waals surface area contributed by atoms with Gasteiger partial charge in [0.05, 0.1) is 0 Å². The van der Waals surface area contributed by atoms with Gasteiger partial charge >= 0.3 is 0 Å². The maximum Gasteiger partial charge on any atom is 0.232 e. The molecule has 0 amide bonds. The lowest BCUT2D eigenvalue weighted by molar-refractivity contribution is 0.409. The number of hydrogen-bond donors (Lipinski definition) is 0. The van der Waals surface area contributed by atoms with E-state index in [1.54, 1.807) is 0 Å². The maximum absolute atomic E-state index is 5.09. The highest BCUT2D eigenvalue weighted by Gasteiger charge is 2.28. The molecule has 0 atom stereocenters. The van der Waals surface area contributed by atoms with Crippen molar-refractivity contribution in [2.45, 2.75) is 121 Å². The van der Waals surface area contributed by atoms with Crippen LogP contribution in [0.4, 0.5) is 17.8 Å². The lowest BCUT2D eigenvalue weighted by atomic mass is 9.94. The predicted molar refractivity (Wildman–Crippen MR) is 130 cm³/mol. The third-order valence-corrected chi connectivity index (χ3v) is 8.09. The van der Waals surface area contributed by atoms with Crippen molar-refractivity contribution in [2.24, 2.45) is 0 Å². The molecule has 4 rings (SSSR count). The van der Waals surface area contributed by atoms with Gasteiger partial charge in [-0.1, -0.05) is 57.8 Å². The maximum atomic E-state index is 5.09. The van der Waals surface area contributed by atoms with Crippen molar-refractivity contribution in [2.75, 3.05) is 35.3 Å². The second-order valence-corrected chi connectivity index (χ2v) is 10.1. The van der Waals surface area contributed by atoms with Gasteiger partial charge in [-0.2, -0.15) is 15.0 Å². The Balaban J connectivity index is 1.65. The number of aromatic nitrogens is 3. The van der Waals surface area contributed by atoms with Crippen LogP contribution >= 0.6 is 0 Å². The third-order valence-electron chi connectivity index (χ3n) is 8.09. The van der Waals surface area contributed by atoms with Crippen LogP contribution in [-0.4, -0.2) is 53.7 Å². The summed E-state index contributed by atoms with van der Waals surface area (Å²) in [7, 11) is 4.41. The van der Waals surface area contributed by atoms with Crippen molar-refractivity contribution in [1.82, 2.24) is 15.0 Å². The van der Waals surface area contributed by atoms with E-state index in [-0.39, 0.29) is 0 Å². The molecule has 0 aromatic carbocycles. The molecule has 0 spiro atoms.